The zero-order chi connectivity index (χ0) is 11.5. The van der Waals surface area contributed by atoms with Crippen molar-refractivity contribution in [2.45, 2.75) is 50.7 Å². The molecular weight excluding hydrogens is 214 g/mol. The SMILES string of the molecule is OC(Cc1ccn(C2CCCC2)n1)C(F)F. The summed E-state index contributed by atoms with van der Waals surface area (Å²) in [6.07, 6.45) is 2.08. The Morgan fingerprint density at radius 3 is 2.75 bits per heavy atom. The van der Waals surface area contributed by atoms with E-state index >= 15 is 0 Å². The lowest BCUT2D eigenvalue weighted by Crippen LogP contribution is -2.20. The minimum atomic E-state index is -2.70. The molecule has 0 radical (unpaired) electrons. The van der Waals surface area contributed by atoms with Gasteiger partial charge < -0.3 is 5.11 Å². The fraction of sp³-hybridized carbons (Fsp3) is 0.727. The Labute approximate surface area is 93.1 Å². The molecule has 0 aliphatic heterocycles. The molecule has 90 valence electrons. The average molecular weight is 230 g/mol. The Balaban J connectivity index is 1.96. The normalized spacial score (nSPS) is 19.5. The van der Waals surface area contributed by atoms with Crippen LogP contribution in [0.1, 0.15) is 37.4 Å². The van der Waals surface area contributed by atoms with Gasteiger partial charge in [0.1, 0.15) is 6.10 Å². The predicted molar refractivity (Wildman–Crippen MR) is 55.4 cm³/mol. The molecule has 2 rings (SSSR count). The van der Waals surface area contributed by atoms with E-state index in [1.54, 1.807) is 6.07 Å². The number of rotatable bonds is 4. The third kappa shape index (κ3) is 2.58. The molecule has 1 aromatic heterocycles. The number of alkyl halides is 2. The van der Waals surface area contributed by atoms with Gasteiger partial charge in [0.2, 0.25) is 0 Å². The second kappa shape index (κ2) is 4.91. The van der Waals surface area contributed by atoms with Gasteiger partial charge in [-0.15, -0.1) is 0 Å². The zero-order valence-electron chi connectivity index (χ0n) is 9.02. The van der Waals surface area contributed by atoms with Crippen LogP contribution in [0.3, 0.4) is 0 Å². The molecule has 1 atom stereocenters. The fourth-order valence-corrected chi connectivity index (χ4v) is 2.16. The fourth-order valence-electron chi connectivity index (χ4n) is 2.16. The molecule has 1 fully saturated rings. The highest BCUT2D eigenvalue weighted by Gasteiger charge is 2.21. The minimum Gasteiger partial charge on any atom is -0.387 e. The number of hydrogen-bond donors (Lipinski definition) is 1. The molecule has 0 aromatic carbocycles. The van der Waals surface area contributed by atoms with Gasteiger partial charge >= 0.3 is 0 Å². The Morgan fingerprint density at radius 1 is 1.44 bits per heavy atom. The van der Waals surface area contributed by atoms with Crippen LogP contribution < -0.4 is 0 Å². The first-order valence-corrected chi connectivity index (χ1v) is 5.67. The standard InChI is InChI=1S/C11H16F2N2O/c12-11(13)10(16)7-8-5-6-15(14-8)9-3-1-2-4-9/h5-6,9-11,16H,1-4,7H2. The Bertz CT molecular complexity index is 334. The highest BCUT2D eigenvalue weighted by Crippen LogP contribution is 2.28. The minimum absolute atomic E-state index is 0.0720. The first kappa shape index (κ1) is 11.5. The molecular formula is C11H16F2N2O. The Hall–Kier alpha value is -0.970. The molecule has 1 aliphatic rings. The number of aliphatic hydroxyl groups excluding tert-OH is 1. The van der Waals surface area contributed by atoms with Crippen molar-refractivity contribution in [1.82, 2.24) is 9.78 Å². The van der Waals surface area contributed by atoms with Crippen molar-refractivity contribution in [3.63, 3.8) is 0 Å². The van der Waals surface area contributed by atoms with Crippen LogP contribution in [0.5, 0.6) is 0 Å². The summed E-state index contributed by atoms with van der Waals surface area (Å²) in [6, 6.07) is 2.13. The average Bonchev–Trinajstić information content (AvgIpc) is 2.85. The van der Waals surface area contributed by atoms with Gasteiger partial charge in [-0.3, -0.25) is 4.68 Å². The van der Waals surface area contributed by atoms with Gasteiger partial charge in [-0.2, -0.15) is 5.10 Å². The quantitative estimate of drug-likeness (QED) is 0.860. The first-order valence-electron chi connectivity index (χ1n) is 5.67. The second-order valence-electron chi connectivity index (χ2n) is 4.33. The van der Waals surface area contributed by atoms with E-state index in [0.717, 1.165) is 12.8 Å². The van der Waals surface area contributed by atoms with E-state index in [2.05, 4.69) is 5.10 Å². The Kier molecular flexibility index (Phi) is 3.53. The van der Waals surface area contributed by atoms with Gasteiger partial charge in [-0.25, -0.2) is 8.78 Å². The summed E-state index contributed by atoms with van der Waals surface area (Å²) >= 11 is 0. The summed E-state index contributed by atoms with van der Waals surface area (Å²) in [5, 5.41) is 13.3. The van der Waals surface area contributed by atoms with Crippen molar-refractivity contribution in [2.24, 2.45) is 0 Å². The van der Waals surface area contributed by atoms with Crippen molar-refractivity contribution >= 4 is 0 Å². The van der Waals surface area contributed by atoms with Crippen LogP contribution in [0.4, 0.5) is 8.78 Å². The monoisotopic (exact) mass is 230 g/mol. The van der Waals surface area contributed by atoms with Crippen LogP contribution in [0, 0.1) is 0 Å². The largest absolute Gasteiger partial charge is 0.387 e. The number of halogens is 2. The van der Waals surface area contributed by atoms with Gasteiger partial charge in [-0.1, -0.05) is 12.8 Å². The van der Waals surface area contributed by atoms with Crippen molar-refractivity contribution in [1.29, 1.82) is 0 Å². The lowest BCUT2D eigenvalue weighted by Gasteiger charge is -2.09. The summed E-state index contributed by atoms with van der Waals surface area (Å²) in [7, 11) is 0. The molecule has 1 N–H and O–H groups in total. The summed E-state index contributed by atoms with van der Waals surface area (Å²) in [5.41, 5.74) is 0.541. The van der Waals surface area contributed by atoms with E-state index in [4.69, 9.17) is 5.11 Å². The summed E-state index contributed by atoms with van der Waals surface area (Å²) in [6.45, 7) is 0. The molecule has 3 nitrogen and oxygen atoms in total. The van der Waals surface area contributed by atoms with E-state index in [0.29, 0.717) is 11.7 Å². The van der Waals surface area contributed by atoms with Gasteiger partial charge in [-0.05, 0) is 18.9 Å². The topological polar surface area (TPSA) is 38.0 Å². The van der Waals surface area contributed by atoms with E-state index in [-0.39, 0.29) is 6.42 Å². The number of aromatic nitrogens is 2. The lowest BCUT2D eigenvalue weighted by molar-refractivity contribution is -0.00425. The van der Waals surface area contributed by atoms with E-state index in [1.165, 1.54) is 12.8 Å². The van der Waals surface area contributed by atoms with Gasteiger partial charge in [0, 0.05) is 12.6 Å². The van der Waals surface area contributed by atoms with Crippen molar-refractivity contribution in [2.75, 3.05) is 0 Å². The van der Waals surface area contributed by atoms with Crippen LogP contribution in [0.15, 0.2) is 12.3 Å². The lowest BCUT2D eigenvalue weighted by atomic mass is 10.2. The zero-order valence-corrected chi connectivity index (χ0v) is 9.02. The van der Waals surface area contributed by atoms with Gasteiger partial charge in [0.05, 0.1) is 11.7 Å². The molecule has 1 unspecified atom stereocenters. The smallest absolute Gasteiger partial charge is 0.264 e. The molecule has 0 spiro atoms. The highest BCUT2D eigenvalue weighted by molar-refractivity contribution is 5.02. The van der Waals surface area contributed by atoms with E-state index < -0.39 is 12.5 Å². The molecule has 16 heavy (non-hydrogen) atoms. The number of hydrogen-bond acceptors (Lipinski definition) is 2. The van der Waals surface area contributed by atoms with Crippen molar-refractivity contribution < 1.29 is 13.9 Å². The molecule has 1 aliphatic carbocycles. The maximum atomic E-state index is 12.1. The molecule has 5 heteroatoms. The molecule has 1 saturated carbocycles. The van der Waals surface area contributed by atoms with Crippen LogP contribution in [0.25, 0.3) is 0 Å². The second-order valence-corrected chi connectivity index (χ2v) is 4.33. The third-order valence-electron chi connectivity index (χ3n) is 3.07. The van der Waals surface area contributed by atoms with Crippen LogP contribution >= 0.6 is 0 Å². The Morgan fingerprint density at radius 2 is 2.12 bits per heavy atom. The molecule has 0 saturated heterocycles. The molecule has 0 amide bonds. The first-order chi connectivity index (χ1) is 7.66. The molecule has 0 bridgehead atoms. The maximum absolute atomic E-state index is 12.1. The number of nitrogens with zero attached hydrogens (tertiary/aromatic N) is 2. The van der Waals surface area contributed by atoms with E-state index in [1.807, 2.05) is 10.9 Å². The molecule has 1 heterocycles. The van der Waals surface area contributed by atoms with Crippen molar-refractivity contribution in [3.8, 4) is 0 Å². The van der Waals surface area contributed by atoms with Gasteiger partial charge in [0.25, 0.3) is 6.43 Å². The summed E-state index contributed by atoms with van der Waals surface area (Å²) in [5.74, 6) is 0. The molecule has 1 aromatic rings. The van der Waals surface area contributed by atoms with Gasteiger partial charge in [0.15, 0.2) is 0 Å². The van der Waals surface area contributed by atoms with Crippen LogP contribution in [0.2, 0.25) is 0 Å². The maximum Gasteiger partial charge on any atom is 0.264 e. The van der Waals surface area contributed by atoms with Crippen molar-refractivity contribution in [3.05, 3.63) is 18.0 Å². The summed E-state index contributed by atoms with van der Waals surface area (Å²) in [4.78, 5) is 0. The predicted octanol–water partition coefficient (Wildman–Crippen LogP) is 2.17. The number of aliphatic hydroxyl groups is 1. The van der Waals surface area contributed by atoms with Crippen LogP contribution in [-0.2, 0) is 6.42 Å². The third-order valence-corrected chi connectivity index (χ3v) is 3.07. The highest BCUT2D eigenvalue weighted by atomic mass is 19.3. The van der Waals surface area contributed by atoms with Crippen LogP contribution in [-0.4, -0.2) is 27.4 Å². The van der Waals surface area contributed by atoms with E-state index in [9.17, 15) is 8.78 Å². The summed E-state index contributed by atoms with van der Waals surface area (Å²) < 4.78 is 26.1.